The second-order valence-electron chi connectivity index (χ2n) is 8.39. The SMILES string of the molecule is CC(C)CC(=O)[C@H]1CCCN(C(=O)c2ccc(-c3ccc(N(C)C)nc3)nc2)C1. The van der Waals surface area contributed by atoms with E-state index in [9.17, 15) is 9.59 Å². The summed E-state index contributed by atoms with van der Waals surface area (Å²) < 4.78 is 0. The summed E-state index contributed by atoms with van der Waals surface area (Å²) in [6.07, 6.45) is 5.74. The number of pyridine rings is 2. The van der Waals surface area contributed by atoms with Crippen LogP contribution >= 0.6 is 0 Å². The number of aromatic nitrogens is 2. The number of carbonyl (C=O) groups is 2. The Hall–Kier alpha value is -2.76. The second-order valence-corrected chi connectivity index (χ2v) is 8.39. The van der Waals surface area contributed by atoms with Gasteiger partial charge in [-0.3, -0.25) is 14.6 Å². The zero-order valence-electron chi connectivity index (χ0n) is 17.8. The van der Waals surface area contributed by atoms with Crippen LogP contribution in [0.4, 0.5) is 5.82 Å². The Morgan fingerprint density at radius 2 is 1.93 bits per heavy atom. The first kappa shape index (κ1) is 21.0. The highest BCUT2D eigenvalue weighted by Gasteiger charge is 2.29. The summed E-state index contributed by atoms with van der Waals surface area (Å²) in [6.45, 7) is 5.32. The molecule has 0 saturated carbocycles. The van der Waals surface area contributed by atoms with E-state index in [2.05, 4.69) is 23.8 Å². The summed E-state index contributed by atoms with van der Waals surface area (Å²) >= 11 is 0. The van der Waals surface area contributed by atoms with Crippen LogP contribution in [-0.4, -0.2) is 53.7 Å². The number of amides is 1. The summed E-state index contributed by atoms with van der Waals surface area (Å²) in [5, 5.41) is 0. The molecule has 0 bridgehead atoms. The number of anilines is 1. The average Bonchev–Trinajstić information content (AvgIpc) is 2.73. The van der Waals surface area contributed by atoms with E-state index in [0.717, 1.165) is 29.9 Å². The standard InChI is InChI=1S/C23H30N4O2/c1-16(2)12-21(28)19-6-5-11-27(15-19)23(29)18-7-9-20(24-14-18)17-8-10-22(25-13-17)26(3)4/h7-10,13-14,16,19H,5-6,11-12,15H2,1-4H3/t19-/m0/s1. The molecule has 154 valence electrons. The Balaban J connectivity index is 1.67. The maximum Gasteiger partial charge on any atom is 0.255 e. The summed E-state index contributed by atoms with van der Waals surface area (Å²) in [4.78, 5) is 38.0. The van der Waals surface area contributed by atoms with Crippen LogP contribution in [0.3, 0.4) is 0 Å². The van der Waals surface area contributed by atoms with Crippen LogP contribution in [0.2, 0.25) is 0 Å². The molecule has 0 aromatic carbocycles. The molecule has 6 heteroatoms. The molecule has 1 amide bonds. The van der Waals surface area contributed by atoms with Crippen molar-refractivity contribution in [2.24, 2.45) is 11.8 Å². The Morgan fingerprint density at radius 3 is 2.52 bits per heavy atom. The van der Waals surface area contributed by atoms with E-state index in [1.54, 1.807) is 17.3 Å². The van der Waals surface area contributed by atoms with E-state index in [1.165, 1.54) is 0 Å². The second kappa shape index (κ2) is 9.16. The van der Waals surface area contributed by atoms with E-state index in [1.807, 2.05) is 43.3 Å². The van der Waals surface area contributed by atoms with E-state index in [0.29, 0.717) is 31.0 Å². The Morgan fingerprint density at radius 1 is 1.14 bits per heavy atom. The van der Waals surface area contributed by atoms with Gasteiger partial charge in [-0.2, -0.15) is 0 Å². The number of Topliss-reactive ketones (excluding diaryl/α,β-unsaturated/α-hetero) is 1. The van der Waals surface area contributed by atoms with Gasteiger partial charge in [0.15, 0.2) is 0 Å². The number of likely N-dealkylation sites (tertiary alicyclic amines) is 1. The third-order valence-corrected chi connectivity index (χ3v) is 5.29. The van der Waals surface area contributed by atoms with Gasteiger partial charge in [0.2, 0.25) is 0 Å². The predicted molar refractivity (Wildman–Crippen MR) is 115 cm³/mol. The van der Waals surface area contributed by atoms with E-state index in [4.69, 9.17) is 0 Å². The van der Waals surface area contributed by atoms with Crippen LogP contribution in [0.25, 0.3) is 11.3 Å². The molecule has 0 aliphatic carbocycles. The highest BCUT2D eigenvalue weighted by molar-refractivity contribution is 5.94. The highest BCUT2D eigenvalue weighted by Crippen LogP contribution is 2.23. The molecule has 29 heavy (non-hydrogen) atoms. The quantitative estimate of drug-likeness (QED) is 0.748. The zero-order chi connectivity index (χ0) is 21.0. The van der Waals surface area contributed by atoms with Gasteiger partial charge in [-0.1, -0.05) is 13.8 Å². The average molecular weight is 395 g/mol. The van der Waals surface area contributed by atoms with Crippen molar-refractivity contribution in [2.45, 2.75) is 33.1 Å². The Labute approximate surface area is 173 Å². The van der Waals surface area contributed by atoms with Crippen LogP contribution in [0, 0.1) is 11.8 Å². The maximum absolute atomic E-state index is 12.9. The number of rotatable bonds is 6. The molecule has 1 fully saturated rings. The predicted octanol–water partition coefficient (Wildman–Crippen LogP) is 3.68. The lowest BCUT2D eigenvalue weighted by atomic mass is 9.89. The summed E-state index contributed by atoms with van der Waals surface area (Å²) in [5.74, 6) is 1.43. The van der Waals surface area contributed by atoms with E-state index in [-0.39, 0.29) is 17.6 Å². The molecule has 0 radical (unpaired) electrons. The van der Waals surface area contributed by atoms with E-state index >= 15 is 0 Å². The molecule has 1 aliphatic heterocycles. The molecule has 2 aromatic heterocycles. The maximum atomic E-state index is 12.9. The molecule has 0 N–H and O–H groups in total. The topological polar surface area (TPSA) is 66.4 Å². The van der Waals surface area contributed by atoms with Gasteiger partial charge in [0.05, 0.1) is 11.3 Å². The molecule has 3 rings (SSSR count). The first-order valence-corrected chi connectivity index (χ1v) is 10.3. The summed E-state index contributed by atoms with van der Waals surface area (Å²) in [6, 6.07) is 7.58. The van der Waals surface area contributed by atoms with Crippen LogP contribution in [-0.2, 0) is 4.79 Å². The number of nitrogens with zero attached hydrogens (tertiary/aromatic N) is 4. The monoisotopic (exact) mass is 394 g/mol. The van der Waals surface area contributed by atoms with Gasteiger partial charge in [0, 0.05) is 57.5 Å². The van der Waals surface area contributed by atoms with Crippen molar-refractivity contribution >= 4 is 17.5 Å². The summed E-state index contributed by atoms with van der Waals surface area (Å²) in [5.41, 5.74) is 2.25. The molecule has 2 aromatic rings. The fraction of sp³-hybridized carbons (Fsp3) is 0.478. The minimum atomic E-state index is -0.0489. The Kier molecular flexibility index (Phi) is 6.62. The van der Waals surface area contributed by atoms with Crippen LogP contribution in [0.5, 0.6) is 0 Å². The number of hydrogen-bond acceptors (Lipinski definition) is 5. The third-order valence-electron chi connectivity index (χ3n) is 5.29. The normalized spacial score (nSPS) is 16.7. The van der Waals surface area contributed by atoms with Gasteiger partial charge in [0.25, 0.3) is 5.91 Å². The van der Waals surface area contributed by atoms with Gasteiger partial charge < -0.3 is 9.80 Å². The smallest absolute Gasteiger partial charge is 0.255 e. The Bertz CT molecular complexity index is 844. The van der Waals surface area contributed by atoms with Crippen molar-refractivity contribution in [1.29, 1.82) is 0 Å². The summed E-state index contributed by atoms with van der Waals surface area (Å²) in [7, 11) is 3.89. The molecule has 0 spiro atoms. The lowest BCUT2D eigenvalue weighted by Crippen LogP contribution is -2.42. The number of carbonyl (C=O) groups excluding carboxylic acids is 2. The first-order chi connectivity index (χ1) is 13.8. The van der Waals surface area contributed by atoms with Gasteiger partial charge in [-0.25, -0.2) is 4.98 Å². The molecule has 1 saturated heterocycles. The van der Waals surface area contributed by atoms with Crippen molar-refractivity contribution in [1.82, 2.24) is 14.9 Å². The molecule has 0 unspecified atom stereocenters. The largest absolute Gasteiger partial charge is 0.363 e. The van der Waals surface area contributed by atoms with Crippen molar-refractivity contribution in [3.05, 3.63) is 42.2 Å². The molecule has 1 aliphatic rings. The lowest BCUT2D eigenvalue weighted by molar-refractivity contribution is -0.124. The van der Waals surface area contributed by atoms with Gasteiger partial charge in [-0.05, 0) is 43.0 Å². The van der Waals surface area contributed by atoms with Crippen LogP contribution < -0.4 is 4.90 Å². The first-order valence-electron chi connectivity index (χ1n) is 10.3. The van der Waals surface area contributed by atoms with Crippen molar-refractivity contribution in [2.75, 3.05) is 32.1 Å². The molecular weight excluding hydrogens is 364 g/mol. The highest BCUT2D eigenvalue weighted by atomic mass is 16.2. The van der Waals surface area contributed by atoms with Gasteiger partial charge in [0.1, 0.15) is 11.6 Å². The molecule has 6 nitrogen and oxygen atoms in total. The van der Waals surface area contributed by atoms with Crippen LogP contribution in [0.1, 0.15) is 43.5 Å². The molecular formula is C23H30N4O2. The number of hydrogen-bond donors (Lipinski definition) is 0. The number of piperidine rings is 1. The third kappa shape index (κ3) is 5.19. The van der Waals surface area contributed by atoms with Crippen molar-refractivity contribution in [3.8, 4) is 11.3 Å². The zero-order valence-corrected chi connectivity index (χ0v) is 17.8. The fourth-order valence-electron chi connectivity index (χ4n) is 3.67. The minimum Gasteiger partial charge on any atom is -0.363 e. The van der Waals surface area contributed by atoms with Crippen molar-refractivity contribution < 1.29 is 9.59 Å². The molecule has 3 heterocycles. The van der Waals surface area contributed by atoms with Gasteiger partial charge >= 0.3 is 0 Å². The van der Waals surface area contributed by atoms with Crippen molar-refractivity contribution in [3.63, 3.8) is 0 Å². The fourth-order valence-corrected chi connectivity index (χ4v) is 3.67. The van der Waals surface area contributed by atoms with E-state index < -0.39 is 0 Å². The minimum absolute atomic E-state index is 0.0383. The van der Waals surface area contributed by atoms with Crippen LogP contribution in [0.15, 0.2) is 36.7 Å². The lowest BCUT2D eigenvalue weighted by Gasteiger charge is -2.32. The number of ketones is 1. The van der Waals surface area contributed by atoms with Gasteiger partial charge in [-0.15, -0.1) is 0 Å². The molecule has 1 atom stereocenters.